The zero-order valence-corrected chi connectivity index (χ0v) is 20.0. The number of H-pyrrole nitrogens is 1. The Bertz CT molecular complexity index is 1210. The van der Waals surface area contributed by atoms with Crippen LogP contribution >= 0.6 is 0 Å². The molecule has 3 N–H and O–H groups in total. The van der Waals surface area contributed by atoms with Gasteiger partial charge in [0.05, 0.1) is 11.4 Å². The summed E-state index contributed by atoms with van der Waals surface area (Å²) in [4.78, 5) is 41.2. The molecule has 0 aliphatic heterocycles. The Morgan fingerprint density at radius 3 is 2.36 bits per heavy atom. The van der Waals surface area contributed by atoms with Gasteiger partial charge in [-0.2, -0.15) is 4.31 Å². The number of benzene rings is 1. The number of unbranched alkanes of at least 4 members (excludes halogenated alkanes) is 1. The molecular formula is C21H30FN5O5S. The van der Waals surface area contributed by atoms with E-state index in [2.05, 4.69) is 4.98 Å². The number of nitrogen functional groups attached to an aromatic ring is 1. The lowest BCUT2D eigenvalue weighted by atomic mass is 10.2. The maximum absolute atomic E-state index is 13.2. The Morgan fingerprint density at radius 2 is 1.82 bits per heavy atom. The van der Waals surface area contributed by atoms with Crippen LogP contribution in [0.4, 0.5) is 15.9 Å². The molecule has 0 atom stereocenters. The summed E-state index contributed by atoms with van der Waals surface area (Å²) in [5, 5.41) is 0. The van der Waals surface area contributed by atoms with E-state index in [4.69, 9.17) is 5.73 Å². The number of nitrogens with zero attached hydrogens (tertiary/aromatic N) is 3. The molecule has 33 heavy (non-hydrogen) atoms. The molecule has 0 aliphatic carbocycles. The smallest absolute Gasteiger partial charge is 0.330 e. The van der Waals surface area contributed by atoms with Gasteiger partial charge < -0.3 is 10.6 Å². The number of hydrogen-bond acceptors (Lipinski definition) is 6. The van der Waals surface area contributed by atoms with Crippen LogP contribution in [0.25, 0.3) is 0 Å². The lowest BCUT2D eigenvalue weighted by molar-refractivity contribution is -0.118. The van der Waals surface area contributed by atoms with E-state index < -0.39 is 39.5 Å². The second kappa shape index (κ2) is 10.8. The van der Waals surface area contributed by atoms with Crippen LogP contribution in [-0.2, 0) is 21.4 Å². The second-order valence-corrected chi connectivity index (χ2v) is 10.2. The van der Waals surface area contributed by atoms with Crippen molar-refractivity contribution >= 4 is 27.4 Å². The van der Waals surface area contributed by atoms with Crippen LogP contribution < -0.4 is 21.9 Å². The molecule has 10 nitrogen and oxygen atoms in total. The third kappa shape index (κ3) is 6.08. The summed E-state index contributed by atoms with van der Waals surface area (Å²) < 4.78 is 40.8. The third-order valence-corrected chi connectivity index (χ3v) is 6.77. The van der Waals surface area contributed by atoms with E-state index >= 15 is 0 Å². The number of rotatable bonds is 10. The zero-order valence-electron chi connectivity index (χ0n) is 19.2. The summed E-state index contributed by atoms with van der Waals surface area (Å²) in [7, 11) is -2.89. The van der Waals surface area contributed by atoms with Crippen LogP contribution in [0.2, 0.25) is 0 Å². The van der Waals surface area contributed by atoms with Crippen molar-refractivity contribution in [3.63, 3.8) is 0 Å². The van der Waals surface area contributed by atoms with Crippen LogP contribution in [0.5, 0.6) is 0 Å². The first-order chi connectivity index (χ1) is 15.4. The Hall–Kier alpha value is -2.99. The number of halogens is 1. The highest BCUT2D eigenvalue weighted by atomic mass is 32.2. The average molecular weight is 484 g/mol. The van der Waals surface area contributed by atoms with E-state index in [0.29, 0.717) is 6.42 Å². The largest absolute Gasteiger partial charge is 0.383 e. The van der Waals surface area contributed by atoms with Gasteiger partial charge in [0.2, 0.25) is 15.9 Å². The number of amides is 1. The summed E-state index contributed by atoms with van der Waals surface area (Å²) in [6.07, 6.45) is 1.41. The zero-order chi connectivity index (χ0) is 24.9. The highest BCUT2D eigenvalue weighted by Gasteiger charge is 2.29. The fourth-order valence-electron chi connectivity index (χ4n) is 3.21. The number of anilines is 2. The van der Waals surface area contributed by atoms with Gasteiger partial charge in [0, 0.05) is 20.1 Å². The number of carbonyl (C=O) groups excluding carboxylic acids is 1. The Kier molecular flexibility index (Phi) is 8.56. The van der Waals surface area contributed by atoms with Crippen molar-refractivity contribution in [2.45, 2.75) is 45.1 Å². The second-order valence-electron chi connectivity index (χ2n) is 8.11. The molecule has 2 aromatic rings. The van der Waals surface area contributed by atoms with E-state index in [1.54, 1.807) is 0 Å². The van der Waals surface area contributed by atoms with Gasteiger partial charge in [0.1, 0.15) is 11.6 Å². The summed E-state index contributed by atoms with van der Waals surface area (Å²) in [6, 6.07) is 4.22. The van der Waals surface area contributed by atoms with Crippen LogP contribution in [0.1, 0.15) is 33.6 Å². The molecule has 0 saturated heterocycles. The lowest BCUT2D eigenvalue weighted by Gasteiger charge is -2.28. The molecule has 2 rings (SSSR count). The summed E-state index contributed by atoms with van der Waals surface area (Å²) >= 11 is 0. The summed E-state index contributed by atoms with van der Waals surface area (Å²) in [5.41, 5.74) is 4.44. The van der Waals surface area contributed by atoms with Gasteiger partial charge >= 0.3 is 5.69 Å². The standard InChI is InChI=1S/C21H30FN5O5S/c1-5-6-11-26-19(23)18(20(29)24-21(26)30)27(12-14(2)3)17(28)13-25(4)33(31,32)16-9-7-15(22)8-10-16/h7-10,14H,5-6,11-13,23H2,1-4H3,(H,24,29,30). The first-order valence-corrected chi connectivity index (χ1v) is 12.0. The van der Waals surface area contributed by atoms with Gasteiger partial charge in [-0.05, 0) is 36.6 Å². The van der Waals surface area contributed by atoms with Crippen LogP contribution in [0.3, 0.4) is 0 Å². The molecule has 0 saturated carbocycles. The molecule has 1 amide bonds. The molecule has 0 radical (unpaired) electrons. The topological polar surface area (TPSA) is 139 Å². The van der Waals surface area contributed by atoms with Crippen molar-refractivity contribution in [2.75, 3.05) is 30.8 Å². The van der Waals surface area contributed by atoms with Crippen molar-refractivity contribution in [1.29, 1.82) is 0 Å². The van der Waals surface area contributed by atoms with Crippen LogP contribution in [-0.4, -0.2) is 48.3 Å². The average Bonchev–Trinajstić information content (AvgIpc) is 2.72. The molecule has 182 valence electrons. The Labute approximate surface area is 191 Å². The van der Waals surface area contributed by atoms with Gasteiger partial charge in [-0.25, -0.2) is 17.6 Å². The number of aromatic amines is 1. The third-order valence-electron chi connectivity index (χ3n) is 4.95. The molecule has 0 unspecified atom stereocenters. The number of carbonyl (C=O) groups is 1. The number of aromatic nitrogens is 2. The molecule has 1 aromatic heterocycles. The maximum atomic E-state index is 13.2. The first-order valence-electron chi connectivity index (χ1n) is 10.5. The number of nitrogens with one attached hydrogen (secondary N) is 1. The Morgan fingerprint density at radius 1 is 1.21 bits per heavy atom. The maximum Gasteiger partial charge on any atom is 0.330 e. The molecule has 0 aliphatic rings. The molecule has 0 fully saturated rings. The minimum absolute atomic E-state index is 0.0720. The monoisotopic (exact) mass is 483 g/mol. The fourth-order valence-corrected chi connectivity index (χ4v) is 4.33. The molecule has 0 bridgehead atoms. The quantitative estimate of drug-likeness (QED) is 0.523. The molecule has 0 spiro atoms. The number of nitrogens with two attached hydrogens (primary N) is 1. The molecule has 1 heterocycles. The van der Waals surface area contributed by atoms with Crippen molar-refractivity contribution < 1.29 is 17.6 Å². The van der Waals surface area contributed by atoms with Gasteiger partial charge in [-0.15, -0.1) is 0 Å². The highest BCUT2D eigenvalue weighted by Crippen LogP contribution is 2.20. The molecule has 1 aromatic carbocycles. The minimum Gasteiger partial charge on any atom is -0.383 e. The van der Waals surface area contributed by atoms with E-state index in [1.807, 2.05) is 20.8 Å². The van der Waals surface area contributed by atoms with Crippen molar-refractivity contribution in [2.24, 2.45) is 5.92 Å². The predicted octanol–water partition coefficient (Wildman–Crippen LogP) is 1.37. The highest BCUT2D eigenvalue weighted by molar-refractivity contribution is 7.89. The van der Waals surface area contributed by atoms with E-state index in [-0.39, 0.29) is 35.4 Å². The van der Waals surface area contributed by atoms with Gasteiger partial charge in [0.15, 0.2) is 5.69 Å². The predicted molar refractivity (Wildman–Crippen MR) is 124 cm³/mol. The number of likely N-dealkylation sites (N-methyl/N-ethyl adjacent to an activating group) is 1. The van der Waals surface area contributed by atoms with Gasteiger partial charge in [-0.1, -0.05) is 27.2 Å². The fraction of sp³-hybridized carbons (Fsp3) is 0.476. The van der Waals surface area contributed by atoms with E-state index in [9.17, 15) is 27.2 Å². The molecular weight excluding hydrogens is 453 g/mol. The van der Waals surface area contributed by atoms with Gasteiger partial charge in [-0.3, -0.25) is 19.1 Å². The number of hydrogen-bond donors (Lipinski definition) is 2. The number of sulfonamides is 1. The van der Waals surface area contributed by atoms with E-state index in [0.717, 1.165) is 39.9 Å². The summed E-state index contributed by atoms with van der Waals surface area (Å²) in [5.74, 6) is -1.54. The van der Waals surface area contributed by atoms with Crippen LogP contribution in [0.15, 0.2) is 38.8 Å². The summed E-state index contributed by atoms with van der Waals surface area (Å²) in [6.45, 7) is 5.29. The van der Waals surface area contributed by atoms with Crippen LogP contribution in [0, 0.1) is 11.7 Å². The Balaban J connectivity index is 2.45. The van der Waals surface area contributed by atoms with Crippen molar-refractivity contribution in [3.8, 4) is 0 Å². The molecule has 12 heteroatoms. The SMILES string of the molecule is CCCCn1c(N)c(N(CC(C)C)C(=O)CN(C)S(=O)(=O)c2ccc(F)cc2)c(=O)[nH]c1=O. The van der Waals surface area contributed by atoms with Gasteiger partial charge in [0.25, 0.3) is 5.56 Å². The normalized spacial score (nSPS) is 11.8. The van der Waals surface area contributed by atoms with E-state index in [1.165, 1.54) is 11.6 Å². The minimum atomic E-state index is -4.10. The first kappa shape index (κ1) is 26.3. The van der Waals surface area contributed by atoms with Crippen molar-refractivity contribution in [3.05, 3.63) is 50.9 Å². The van der Waals surface area contributed by atoms with Crippen molar-refractivity contribution in [1.82, 2.24) is 13.9 Å². The lowest BCUT2D eigenvalue weighted by Crippen LogP contribution is -2.46.